The molecule has 3 N–H and O–H groups in total. The highest BCUT2D eigenvalue weighted by molar-refractivity contribution is 5.36. The molecule has 0 saturated carbocycles. The predicted molar refractivity (Wildman–Crippen MR) is 60.5 cm³/mol. The van der Waals surface area contributed by atoms with E-state index < -0.39 is 0 Å². The van der Waals surface area contributed by atoms with Gasteiger partial charge in [0, 0.05) is 6.20 Å². The molecule has 0 aliphatic heterocycles. The normalized spacial score (nSPS) is 10.1. The molecule has 16 heavy (non-hydrogen) atoms. The number of anilines is 2. The Hall–Kier alpha value is -2.24. The van der Waals surface area contributed by atoms with Crippen LogP contribution in [0.15, 0.2) is 24.7 Å². The van der Waals surface area contributed by atoms with Crippen LogP contribution in [0, 0.1) is 6.92 Å². The van der Waals surface area contributed by atoms with E-state index in [4.69, 9.17) is 5.73 Å². The van der Waals surface area contributed by atoms with E-state index in [1.54, 1.807) is 12.4 Å². The second-order valence-corrected chi connectivity index (χ2v) is 3.28. The van der Waals surface area contributed by atoms with Gasteiger partial charge >= 0.3 is 0 Å². The number of nitrogen functional groups attached to an aromatic ring is 1. The topological polar surface area (TPSA) is 89.6 Å². The van der Waals surface area contributed by atoms with Crippen LogP contribution in [0.1, 0.15) is 11.5 Å². The Morgan fingerprint density at radius 1 is 1.25 bits per heavy atom. The smallest absolute Gasteiger partial charge is 0.144 e. The monoisotopic (exact) mass is 216 g/mol. The minimum absolute atomic E-state index is 0.406. The lowest BCUT2D eigenvalue weighted by atomic mass is 10.4. The summed E-state index contributed by atoms with van der Waals surface area (Å²) in [6.07, 6.45) is 4.82. The number of rotatable bonds is 3. The third kappa shape index (κ3) is 2.63. The van der Waals surface area contributed by atoms with E-state index in [1.807, 2.05) is 13.0 Å². The largest absolute Gasteiger partial charge is 0.382 e. The first-order valence-corrected chi connectivity index (χ1v) is 4.84. The van der Waals surface area contributed by atoms with E-state index in [0.717, 1.165) is 11.5 Å². The molecule has 0 bridgehead atoms. The molecular formula is C10H12N6. The second-order valence-electron chi connectivity index (χ2n) is 3.28. The van der Waals surface area contributed by atoms with Crippen LogP contribution >= 0.6 is 0 Å². The summed E-state index contributed by atoms with van der Waals surface area (Å²) in [4.78, 5) is 16.3. The maximum Gasteiger partial charge on any atom is 0.144 e. The molecule has 0 fully saturated rings. The number of hydrogen-bond donors (Lipinski definition) is 2. The third-order valence-corrected chi connectivity index (χ3v) is 1.96. The summed E-state index contributed by atoms with van der Waals surface area (Å²) >= 11 is 0. The van der Waals surface area contributed by atoms with Crippen LogP contribution in [0.4, 0.5) is 11.6 Å². The van der Waals surface area contributed by atoms with Crippen molar-refractivity contribution in [2.75, 3.05) is 11.1 Å². The van der Waals surface area contributed by atoms with Crippen LogP contribution in [0.25, 0.3) is 0 Å². The summed E-state index contributed by atoms with van der Waals surface area (Å²) in [6.45, 7) is 2.44. The van der Waals surface area contributed by atoms with Crippen LogP contribution in [0.2, 0.25) is 0 Å². The van der Waals surface area contributed by atoms with Gasteiger partial charge in [0.05, 0.1) is 24.6 Å². The molecule has 2 aromatic heterocycles. The van der Waals surface area contributed by atoms with Crippen molar-refractivity contribution in [1.82, 2.24) is 19.9 Å². The summed E-state index contributed by atoms with van der Waals surface area (Å²) in [7, 11) is 0. The fraction of sp³-hybridized carbons (Fsp3) is 0.200. The number of aromatic nitrogens is 4. The van der Waals surface area contributed by atoms with Crippen LogP contribution in [0.5, 0.6) is 0 Å². The minimum atomic E-state index is 0.406. The van der Waals surface area contributed by atoms with Crippen molar-refractivity contribution >= 4 is 11.6 Å². The van der Waals surface area contributed by atoms with E-state index in [2.05, 4.69) is 25.3 Å². The van der Waals surface area contributed by atoms with Crippen LogP contribution in [-0.2, 0) is 6.54 Å². The molecule has 6 nitrogen and oxygen atoms in total. The van der Waals surface area contributed by atoms with Gasteiger partial charge in [0.1, 0.15) is 17.5 Å². The van der Waals surface area contributed by atoms with Crippen molar-refractivity contribution in [1.29, 1.82) is 0 Å². The van der Waals surface area contributed by atoms with E-state index >= 15 is 0 Å². The lowest BCUT2D eigenvalue weighted by molar-refractivity contribution is 0.948. The predicted octanol–water partition coefficient (Wildman–Crippen LogP) is 0.769. The van der Waals surface area contributed by atoms with Gasteiger partial charge in [0.15, 0.2) is 0 Å². The second kappa shape index (κ2) is 4.52. The molecule has 0 radical (unpaired) electrons. The molecule has 0 amide bonds. The Kier molecular flexibility index (Phi) is 2.90. The van der Waals surface area contributed by atoms with Gasteiger partial charge in [0.2, 0.25) is 0 Å². The zero-order valence-corrected chi connectivity index (χ0v) is 8.88. The van der Waals surface area contributed by atoms with Crippen molar-refractivity contribution in [3.63, 3.8) is 0 Å². The van der Waals surface area contributed by atoms with E-state index in [1.165, 1.54) is 6.20 Å². The van der Waals surface area contributed by atoms with E-state index in [0.29, 0.717) is 18.2 Å². The van der Waals surface area contributed by atoms with Crippen molar-refractivity contribution in [2.45, 2.75) is 13.5 Å². The van der Waals surface area contributed by atoms with Gasteiger partial charge in [-0.25, -0.2) is 19.9 Å². The van der Waals surface area contributed by atoms with Crippen LogP contribution in [0.3, 0.4) is 0 Å². The third-order valence-electron chi connectivity index (χ3n) is 1.96. The van der Waals surface area contributed by atoms with Crippen LogP contribution in [-0.4, -0.2) is 19.9 Å². The highest BCUT2D eigenvalue weighted by atomic mass is 15.0. The number of nitrogens with one attached hydrogen (secondary N) is 1. The van der Waals surface area contributed by atoms with Crippen LogP contribution < -0.4 is 11.1 Å². The number of aryl methyl sites for hydroxylation is 1. The molecule has 0 atom stereocenters. The Morgan fingerprint density at radius 2 is 2.12 bits per heavy atom. The van der Waals surface area contributed by atoms with Gasteiger partial charge in [-0.3, -0.25) is 0 Å². The lowest BCUT2D eigenvalue weighted by Crippen LogP contribution is -2.05. The first-order chi connectivity index (χ1) is 7.74. The minimum Gasteiger partial charge on any atom is -0.382 e. The van der Waals surface area contributed by atoms with E-state index in [-0.39, 0.29) is 0 Å². The van der Waals surface area contributed by atoms with Crippen molar-refractivity contribution in [2.24, 2.45) is 0 Å². The summed E-state index contributed by atoms with van der Waals surface area (Å²) in [5.41, 5.74) is 6.34. The average molecular weight is 216 g/mol. The highest BCUT2D eigenvalue weighted by Crippen LogP contribution is 2.04. The van der Waals surface area contributed by atoms with Crippen molar-refractivity contribution in [3.8, 4) is 0 Å². The number of hydrogen-bond acceptors (Lipinski definition) is 6. The maximum absolute atomic E-state index is 5.43. The van der Waals surface area contributed by atoms with Gasteiger partial charge in [-0.2, -0.15) is 0 Å². The van der Waals surface area contributed by atoms with Gasteiger partial charge in [-0.1, -0.05) is 0 Å². The maximum atomic E-state index is 5.43. The summed E-state index contributed by atoms with van der Waals surface area (Å²) in [6, 6.07) is 1.85. The zero-order chi connectivity index (χ0) is 11.4. The first-order valence-electron chi connectivity index (χ1n) is 4.84. The molecule has 0 spiro atoms. The fourth-order valence-electron chi connectivity index (χ4n) is 1.21. The molecule has 0 saturated heterocycles. The lowest BCUT2D eigenvalue weighted by Gasteiger charge is -2.04. The summed E-state index contributed by atoms with van der Waals surface area (Å²) in [5.74, 6) is 1.83. The Labute approximate surface area is 93.0 Å². The fourth-order valence-corrected chi connectivity index (χ4v) is 1.21. The quantitative estimate of drug-likeness (QED) is 0.787. The molecular weight excluding hydrogens is 204 g/mol. The molecule has 0 aliphatic rings. The molecule has 0 aromatic carbocycles. The molecule has 6 heteroatoms. The molecule has 0 aliphatic carbocycles. The van der Waals surface area contributed by atoms with Crippen molar-refractivity contribution < 1.29 is 0 Å². The molecule has 0 unspecified atom stereocenters. The van der Waals surface area contributed by atoms with Gasteiger partial charge in [-0.05, 0) is 13.0 Å². The number of nitrogens with two attached hydrogens (primary N) is 1. The molecule has 2 rings (SSSR count). The standard InChI is InChI=1S/C10H12N6/c1-7-12-3-2-8(16-7)4-14-10-6-13-9(11)5-15-10/h2-3,5-6H,4H2,1H3,(H2,11,13)(H,14,15). The Morgan fingerprint density at radius 3 is 2.81 bits per heavy atom. The van der Waals surface area contributed by atoms with Gasteiger partial charge < -0.3 is 11.1 Å². The van der Waals surface area contributed by atoms with Crippen molar-refractivity contribution in [3.05, 3.63) is 36.2 Å². The molecule has 2 heterocycles. The average Bonchev–Trinajstić information content (AvgIpc) is 2.28. The summed E-state index contributed by atoms with van der Waals surface area (Å²) < 4.78 is 0. The Bertz CT molecular complexity index is 467. The van der Waals surface area contributed by atoms with E-state index in [9.17, 15) is 0 Å². The SMILES string of the molecule is Cc1nccc(CNc2cnc(N)cn2)n1. The molecule has 2 aromatic rings. The summed E-state index contributed by atoms with van der Waals surface area (Å²) in [5, 5.41) is 3.10. The first kappa shape index (κ1) is 10.3. The molecule has 82 valence electrons. The zero-order valence-electron chi connectivity index (χ0n) is 8.88. The number of nitrogens with zero attached hydrogens (tertiary/aromatic N) is 4. The highest BCUT2D eigenvalue weighted by Gasteiger charge is 1.97. The van der Waals surface area contributed by atoms with Gasteiger partial charge in [-0.15, -0.1) is 0 Å². The van der Waals surface area contributed by atoms with Gasteiger partial charge in [0.25, 0.3) is 0 Å². The Balaban J connectivity index is 1.99.